The Morgan fingerprint density at radius 3 is 2.52 bits per heavy atom. The fourth-order valence-electron chi connectivity index (χ4n) is 3.04. The Morgan fingerprint density at radius 1 is 1.15 bits per heavy atom. The molecule has 33 heavy (non-hydrogen) atoms. The number of hydrogen-bond donors (Lipinski definition) is 1. The summed E-state index contributed by atoms with van der Waals surface area (Å²) in [4.78, 5) is 20.7. The number of nitrogens with zero attached hydrogens (tertiary/aromatic N) is 2. The molecule has 0 unspecified atom stereocenters. The zero-order valence-corrected chi connectivity index (χ0v) is 18.1. The number of benzene rings is 2. The van der Waals surface area contributed by atoms with E-state index < -0.39 is 17.6 Å². The topological polar surface area (TPSA) is 54.4 Å². The van der Waals surface area contributed by atoms with Crippen LogP contribution in [0.15, 0.2) is 78.0 Å². The van der Waals surface area contributed by atoms with Crippen molar-refractivity contribution in [2.75, 3.05) is 6.54 Å². The fraction of sp³-hybridized carbons (Fsp3) is 0.0800. The molecule has 1 heterocycles. The summed E-state index contributed by atoms with van der Waals surface area (Å²) in [5, 5.41) is 2.71. The third kappa shape index (κ3) is 5.96. The first-order chi connectivity index (χ1) is 15.7. The van der Waals surface area contributed by atoms with Gasteiger partial charge in [0.1, 0.15) is 5.69 Å². The van der Waals surface area contributed by atoms with Crippen molar-refractivity contribution in [1.29, 1.82) is 0 Å². The molecule has 1 N–H and O–H groups in total. The van der Waals surface area contributed by atoms with Crippen molar-refractivity contribution in [1.82, 2.24) is 10.3 Å². The van der Waals surface area contributed by atoms with E-state index in [0.717, 1.165) is 17.7 Å². The van der Waals surface area contributed by atoms with Gasteiger partial charge in [-0.05, 0) is 36.6 Å². The van der Waals surface area contributed by atoms with Crippen LogP contribution >= 0.6 is 11.6 Å². The SMILES string of the molecule is C=C/C=C(/CNC(=O)c1cc(Cl)c2cc(C(F)(F)F)cc(/C=C/c3ccccc3)c2n1)N=C. The van der Waals surface area contributed by atoms with E-state index in [-0.39, 0.29) is 33.7 Å². The molecule has 4 nitrogen and oxygen atoms in total. The van der Waals surface area contributed by atoms with Gasteiger partial charge in [-0.1, -0.05) is 66.7 Å². The molecule has 0 aliphatic carbocycles. The second-order valence-corrected chi connectivity index (χ2v) is 7.33. The van der Waals surface area contributed by atoms with Crippen LogP contribution in [0, 0.1) is 0 Å². The second kappa shape index (κ2) is 10.3. The molecule has 0 bridgehead atoms. The highest BCUT2D eigenvalue weighted by molar-refractivity contribution is 6.36. The first-order valence-electron chi connectivity index (χ1n) is 9.74. The molecule has 2 aromatic carbocycles. The van der Waals surface area contributed by atoms with Crippen molar-refractivity contribution < 1.29 is 18.0 Å². The Hall–Kier alpha value is -3.71. The molecule has 0 aliphatic heterocycles. The Labute approximate surface area is 193 Å². The van der Waals surface area contributed by atoms with Gasteiger partial charge >= 0.3 is 6.18 Å². The van der Waals surface area contributed by atoms with E-state index in [1.165, 1.54) is 18.2 Å². The van der Waals surface area contributed by atoms with Crippen molar-refractivity contribution in [3.63, 3.8) is 0 Å². The lowest BCUT2D eigenvalue weighted by Crippen LogP contribution is -2.26. The minimum absolute atomic E-state index is 0.0192. The van der Waals surface area contributed by atoms with Crippen LogP contribution in [0.4, 0.5) is 13.2 Å². The summed E-state index contributed by atoms with van der Waals surface area (Å²) in [5.74, 6) is -0.560. The number of carbonyl (C=O) groups excluding carboxylic acids is 1. The molecule has 1 aromatic heterocycles. The van der Waals surface area contributed by atoms with Gasteiger partial charge < -0.3 is 5.32 Å². The Kier molecular flexibility index (Phi) is 7.45. The quantitative estimate of drug-likeness (QED) is 0.241. The molecule has 0 fully saturated rings. The zero-order chi connectivity index (χ0) is 24.0. The van der Waals surface area contributed by atoms with Gasteiger partial charge in [-0.3, -0.25) is 9.79 Å². The Morgan fingerprint density at radius 2 is 1.88 bits per heavy atom. The number of halogens is 4. The molecule has 0 saturated carbocycles. The van der Waals surface area contributed by atoms with Gasteiger partial charge in [0.15, 0.2) is 0 Å². The standard InChI is InChI=1S/C25H19ClF3N3O/c1-3-7-19(30-2)15-31-24(33)22-14-21(26)20-13-18(25(27,28)29)12-17(23(20)32-22)11-10-16-8-5-4-6-9-16/h3-14H,1-2,15H2,(H,31,33)/b11-10+,19-7-. The van der Waals surface area contributed by atoms with Crippen LogP contribution in [0.1, 0.15) is 27.2 Å². The summed E-state index contributed by atoms with van der Waals surface area (Å²) < 4.78 is 40.5. The molecule has 1 amide bonds. The number of hydrogen-bond acceptors (Lipinski definition) is 3. The van der Waals surface area contributed by atoms with Gasteiger partial charge in [-0.15, -0.1) is 0 Å². The van der Waals surface area contributed by atoms with Gasteiger partial charge in [0, 0.05) is 10.9 Å². The predicted molar refractivity (Wildman–Crippen MR) is 127 cm³/mol. The largest absolute Gasteiger partial charge is 0.416 e. The van der Waals surface area contributed by atoms with Crippen molar-refractivity contribution in [3.8, 4) is 0 Å². The number of alkyl halides is 3. The minimum Gasteiger partial charge on any atom is -0.345 e. The number of carbonyl (C=O) groups is 1. The maximum atomic E-state index is 13.5. The second-order valence-electron chi connectivity index (χ2n) is 6.93. The van der Waals surface area contributed by atoms with Gasteiger partial charge in [0.05, 0.1) is 28.3 Å². The Bertz CT molecular complexity index is 1270. The first kappa shape index (κ1) is 23.9. The predicted octanol–water partition coefficient (Wildman–Crippen LogP) is 6.58. The first-order valence-corrected chi connectivity index (χ1v) is 10.1. The highest BCUT2D eigenvalue weighted by Crippen LogP contribution is 2.36. The number of rotatable bonds is 7. The lowest BCUT2D eigenvalue weighted by Gasteiger charge is -2.13. The van der Waals surface area contributed by atoms with Gasteiger partial charge in [0.25, 0.3) is 5.91 Å². The number of aromatic nitrogens is 1. The van der Waals surface area contributed by atoms with E-state index in [2.05, 4.69) is 28.6 Å². The third-order valence-electron chi connectivity index (χ3n) is 4.65. The van der Waals surface area contributed by atoms with E-state index in [9.17, 15) is 18.0 Å². The summed E-state index contributed by atoms with van der Waals surface area (Å²) in [6.45, 7) is 7.05. The maximum Gasteiger partial charge on any atom is 0.416 e. The summed E-state index contributed by atoms with van der Waals surface area (Å²) in [7, 11) is 0. The van der Waals surface area contributed by atoms with E-state index >= 15 is 0 Å². The molecular formula is C25H19ClF3N3O. The molecule has 0 spiro atoms. The van der Waals surface area contributed by atoms with Gasteiger partial charge in [-0.25, -0.2) is 4.98 Å². The number of pyridine rings is 1. The molecular weight excluding hydrogens is 451 g/mol. The van der Waals surface area contributed by atoms with Crippen LogP contribution in [-0.2, 0) is 6.18 Å². The molecule has 8 heteroatoms. The average molecular weight is 470 g/mol. The highest BCUT2D eigenvalue weighted by Gasteiger charge is 2.31. The number of aliphatic imine (C=N–C) groups is 1. The van der Waals surface area contributed by atoms with Crippen LogP contribution in [0.3, 0.4) is 0 Å². The van der Waals surface area contributed by atoms with Crippen molar-refractivity contribution in [2.45, 2.75) is 6.18 Å². The zero-order valence-electron chi connectivity index (χ0n) is 17.4. The van der Waals surface area contributed by atoms with Gasteiger partial charge in [0.2, 0.25) is 0 Å². The lowest BCUT2D eigenvalue weighted by molar-refractivity contribution is -0.137. The maximum absolute atomic E-state index is 13.5. The van der Waals surface area contributed by atoms with E-state index in [0.29, 0.717) is 5.70 Å². The van der Waals surface area contributed by atoms with Crippen LogP contribution < -0.4 is 5.32 Å². The molecule has 0 atom stereocenters. The summed E-state index contributed by atoms with van der Waals surface area (Å²) >= 11 is 6.29. The number of allylic oxidation sites excluding steroid dienone is 2. The lowest BCUT2D eigenvalue weighted by atomic mass is 10.0. The molecule has 0 radical (unpaired) electrons. The molecule has 3 aromatic rings. The normalized spacial score (nSPS) is 12.2. The van der Waals surface area contributed by atoms with Crippen molar-refractivity contribution >= 4 is 47.3 Å². The average Bonchev–Trinajstić information content (AvgIpc) is 2.80. The Balaban J connectivity index is 2.08. The molecule has 168 valence electrons. The summed E-state index contributed by atoms with van der Waals surface area (Å²) in [6.07, 6.45) is 1.70. The van der Waals surface area contributed by atoms with Crippen LogP contribution in [-0.4, -0.2) is 24.2 Å². The van der Waals surface area contributed by atoms with E-state index in [1.807, 2.05) is 30.3 Å². The van der Waals surface area contributed by atoms with Crippen LogP contribution in [0.25, 0.3) is 23.1 Å². The van der Waals surface area contributed by atoms with E-state index in [1.54, 1.807) is 12.2 Å². The molecule has 0 aliphatic rings. The monoisotopic (exact) mass is 469 g/mol. The van der Waals surface area contributed by atoms with Crippen molar-refractivity contribution in [3.05, 3.63) is 100 Å². The number of nitrogens with one attached hydrogen (secondary N) is 1. The minimum atomic E-state index is -4.57. The highest BCUT2D eigenvalue weighted by atomic mass is 35.5. The number of fused-ring (bicyclic) bond motifs is 1. The molecule has 3 rings (SSSR count). The fourth-order valence-corrected chi connectivity index (χ4v) is 3.28. The van der Waals surface area contributed by atoms with E-state index in [4.69, 9.17) is 11.6 Å². The number of amides is 1. The van der Waals surface area contributed by atoms with Crippen molar-refractivity contribution in [2.24, 2.45) is 4.99 Å². The third-order valence-corrected chi connectivity index (χ3v) is 4.96. The van der Waals surface area contributed by atoms with Gasteiger partial charge in [-0.2, -0.15) is 13.2 Å². The smallest absolute Gasteiger partial charge is 0.345 e. The van der Waals surface area contributed by atoms with Crippen LogP contribution in [0.2, 0.25) is 5.02 Å². The summed E-state index contributed by atoms with van der Waals surface area (Å²) in [6, 6.07) is 12.2. The molecule has 0 saturated heterocycles. The summed E-state index contributed by atoms with van der Waals surface area (Å²) in [5.41, 5.74) is 0.730. The van der Waals surface area contributed by atoms with Crippen LogP contribution in [0.5, 0.6) is 0 Å².